The molecule has 0 radical (unpaired) electrons. The maximum absolute atomic E-state index is 12.5. The van der Waals surface area contributed by atoms with Crippen LogP contribution in [-0.2, 0) is 4.74 Å². The number of nitrogens with one attached hydrogen (secondary N) is 1. The third-order valence-electron chi connectivity index (χ3n) is 2.46. The van der Waals surface area contributed by atoms with E-state index in [9.17, 15) is 17.6 Å². The molecule has 0 aromatic carbocycles. The number of hydrogen-bond donors (Lipinski definition) is 2. The Morgan fingerprint density at radius 3 is 2.31 bits per heavy atom. The average molecular weight is 246 g/mol. The van der Waals surface area contributed by atoms with Crippen LogP contribution in [0.15, 0.2) is 0 Å². The highest BCUT2D eigenvalue weighted by Crippen LogP contribution is 2.23. The fourth-order valence-electron chi connectivity index (χ4n) is 1.05. The second-order valence-corrected chi connectivity index (χ2v) is 3.74. The predicted molar refractivity (Wildman–Crippen MR) is 52.3 cm³/mol. The lowest BCUT2D eigenvalue weighted by Crippen LogP contribution is -2.44. The van der Waals surface area contributed by atoms with E-state index >= 15 is 0 Å². The zero-order chi connectivity index (χ0) is 12.8. The zero-order valence-corrected chi connectivity index (χ0v) is 9.35. The standard InChI is InChI=1S/C9H18F4N2O/c1-3-6(2)7(15-14)4-16-5-9(12,13)8(10)11/h6-8,15H,3-5,14H2,1-2H3. The zero-order valence-electron chi connectivity index (χ0n) is 9.35. The van der Waals surface area contributed by atoms with E-state index in [0.717, 1.165) is 6.42 Å². The van der Waals surface area contributed by atoms with Crippen LogP contribution in [0.5, 0.6) is 0 Å². The Morgan fingerprint density at radius 1 is 1.38 bits per heavy atom. The summed E-state index contributed by atoms with van der Waals surface area (Å²) >= 11 is 0. The average Bonchev–Trinajstić information content (AvgIpc) is 2.23. The van der Waals surface area contributed by atoms with Crippen molar-refractivity contribution in [3.05, 3.63) is 0 Å². The molecular formula is C9H18F4N2O. The van der Waals surface area contributed by atoms with Crippen molar-refractivity contribution in [1.82, 2.24) is 5.43 Å². The quantitative estimate of drug-likeness (QED) is 0.390. The van der Waals surface area contributed by atoms with Crippen molar-refractivity contribution >= 4 is 0 Å². The van der Waals surface area contributed by atoms with E-state index in [1.54, 1.807) is 0 Å². The number of alkyl halides is 4. The molecule has 3 N–H and O–H groups in total. The van der Waals surface area contributed by atoms with Gasteiger partial charge in [-0.15, -0.1) is 0 Å². The molecule has 0 aromatic rings. The molecule has 0 aliphatic rings. The molecule has 0 fully saturated rings. The molecule has 98 valence electrons. The van der Waals surface area contributed by atoms with E-state index in [1.165, 1.54) is 0 Å². The molecule has 16 heavy (non-hydrogen) atoms. The molecule has 2 atom stereocenters. The molecule has 0 saturated carbocycles. The van der Waals surface area contributed by atoms with Crippen molar-refractivity contribution in [3.63, 3.8) is 0 Å². The Hall–Kier alpha value is -0.400. The minimum absolute atomic E-state index is 0.116. The van der Waals surface area contributed by atoms with Crippen molar-refractivity contribution in [2.24, 2.45) is 11.8 Å². The first-order valence-electron chi connectivity index (χ1n) is 5.05. The molecule has 0 saturated heterocycles. The molecule has 7 heteroatoms. The highest BCUT2D eigenvalue weighted by Gasteiger charge is 2.41. The Balaban J connectivity index is 3.96. The first-order valence-corrected chi connectivity index (χ1v) is 5.05. The summed E-state index contributed by atoms with van der Waals surface area (Å²) in [7, 11) is 0. The summed E-state index contributed by atoms with van der Waals surface area (Å²) in [6.45, 7) is 2.36. The third-order valence-corrected chi connectivity index (χ3v) is 2.46. The summed E-state index contributed by atoms with van der Waals surface area (Å²) in [4.78, 5) is 0. The van der Waals surface area contributed by atoms with E-state index in [1.807, 2.05) is 13.8 Å². The van der Waals surface area contributed by atoms with Gasteiger partial charge in [0.2, 0.25) is 0 Å². The van der Waals surface area contributed by atoms with Crippen LogP contribution in [0.25, 0.3) is 0 Å². The van der Waals surface area contributed by atoms with Crippen LogP contribution in [0.2, 0.25) is 0 Å². The number of ether oxygens (including phenoxy) is 1. The topological polar surface area (TPSA) is 47.3 Å². The largest absolute Gasteiger partial charge is 0.373 e. The van der Waals surface area contributed by atoms with Crippen molar-refractivity contribution < 1.29 is 22.3 Å². The van der Waals surface area contributed by atoms with E-state index in [4.69, 9.17) is 5.84 Å². The van der Waals surface area contributed by atoms with Gasteiger partial charge in [0.05, 0.1) is 6.61 Å². The van der Waals surface area contributed by atoms with Gasteiger partial charge in [0.15, 0.2) is 0 Å². The Bertz CT molecular complexity index is 192. The second kappa shape index (κ2) is 7.03. The molecule has 0 heterocycles. The maximum Gasteiger partial charge on any atom is 0.330 e. The van der Waals surface area contributed by atoms with Crippen molar-refractivity contribution in [2.75, 3.05) is 13.2 Å². The summed E-state index contributed by atoms with van der Waals surface area (Å²) in [6, 6.07) is -0.321. The van der Waals surface area contributed by atoms with Crippen LogP contribution in [0.4, 0.5) is 17.6 Å². The lowest BCUT2D eigenvalue weighted by molar-refractivity contribution is -0.167. The van der Waals surface area contributed by atoms with Crippen molar-refractivity contribution in [3.8, 4) is 0 Å². The molecule has 3 nitrogen and oxygen atoms in total. The van der Waals surface area contributed by atoms with Gasteiger partial charge in [-0.05, 0) is 5.92 Å². The molecular weight excluding hydrogens is 228 g/mol. The van der Waals surface area contributed by atoms with Crippen LogP contribution in [0, 0.1) is 5.92 Å². The number of hydrogen-bond acceptors (Lipinski definition) is 3. The normalized spacial score (nSPS) is 16.5. The molecule has 0 amide bonds. The van der Waals surface area contributed by atoms with Gasteiger partial charge < -0.3 is 4.74 Å². The van der Waals surface area contributed by atoms with Crippen LogP contribution in [0.1, 0.15) is 20.3 Å². The van der Waals surface area contributed by atoms with Gasteiger partial charge in [-0.1, -0.05) is 20.3 Å². The minimum atomic E-state index is -4.10. The van der Waals surface area contributed by atoms with Gasteiger partial charge >= 0.3 is 12.3 Å². The monoisotopic (exact) mass is 246 g/mol. The second-order valence-electron chi connectivity index (χ2n) is 3.74. The van der Waals surface area contributed by atoms with E-state index < -0.39 is 19.0 Å². The Morgan fingerprint density at radius 2 is 1.94 bits per heavy atom. The summed E-state index contributed by atoms with van der Waals surface area (Å²) in [5, 5.41) is 0. The Kier molecular flexibility index (Phi) is 6.85. The fourth-order valence-corrected chi connectivity index (χ4v) is 1.05. The highest BCUT2D eigenvalue weighted by molar-refractivity contribution is 4.72. The maximum atomic E-state index is 12.5. The van der Waals surface area contributed by atoms with E-state index in [2.05, 4.69) is 10.2 Å². The van der Waals surface area contributed by atoms with Gasteiger partial charge in [-0.2, -0.15) is 8.78 Å². The predicted octanol–water partition coefficient (Wildman–Crippen LogP) is 1.78. The first-order chi connectivity index (χ1) is 7.35. The van der Waals surface area contributed by atoms with Gasteiger partial charge in [0.25, 0.3) is 0 Å². The third kappa shape index (κ3) is 5.09. The van der Waals surface area contributed by atoms with Crippen LogP contribution >= 0.6 is 0 Å². The van der Waals surface area contributed by atoms with Crippen LogP contribution in [0.3, 0.4) is 0 Å². The molecule has 2 unspecified atom stereocenters. The van der Waals surface area contributed by atoms with E-state index in [0.29, 0.717) is 0 Å². The smallest absolute Gasteiger partial charge is 0.330 e. The molecule has 0 bridgehead atoms. The summed E-state index contributed by atoms with van der Waals surface area (Å²) < 4.78 is 53.0. The van der Waals surface area contributed by atoms with Crippen molar-refractivity contribution in [2.45, 2.75) is 38.7 Å². The van der Waals surface area contributed by atoms with Gasteiger partial charge in [0, 0.05) is 6.04 Å². The van der Waals surface area contributed by atoms with Gasteiger partial charge in [0.1, 0.15) is 6.61 Å². The number of hydrazine groups is 1. The van der Waals surface area contributed by atoms with Crippen LogP contribution in [-0.4, -0.2) is 31.6 Å². The van der Waals surface area contributed by atoms with Gasteiger partial charge in [-0.25, -0.2) is 8.78 Å². The Labute approximate surface area is 92.3 Å². The lowest BCUT2D eigenvalue weighted by Gasteiger charge is -2.23. The highest BCUT2D eigenvalue weighted by atomic mass is 19.3. The summed E-state index contributed by atoms with van der Waals surface area (Å²) in [5.74, 6) is 1.21. The molecule has 0 aliphatic carbocycles. The first kappa shape index (κ1) is 15.6. The number of nitrogens with two attached hydrogens (primary N) is 1. The van der Waals surface area contributed by atoms with Gasteiger partial charge in [-0.3, -0.25) is 11.3 Å². The van der Waals surface area contributed by atoms with E-state index in [-0.39, 0.29) is 18.6 Å². The number of rotatable bonds is 8. The SMILES string of the molecule is CCC(C)C(COCC(F)(F)C(F)F)NN. The number of halogens is 4. The summed E-state index contributed by atoms with van der Waals surface area (Å²) in [5.41, 5.74) is 2.41. The summed E-state index contributed by atoms with van der Waals surface area (Å²) in [6.07, 6.45) is -2.93. The molecule has 0 spiro atoms. The van der Waals surface area contributed by atoms with Crippen molar-refractivity contribution in [1.29, 1.82) is 0 Å². The fraction of sp³-hybridized carbons (Fsp3) is 1.00. The molecule has 0 rings (SSSR count). The van der Waals surface area contributed by atoms with Crippen LogP contribution < -0.4 is 11.3 Å². The lowest BCUT2D eigenvalue weighted by atomic mass is 10.0. The minimum Gasteiger partial charge on any atom is -0.373 e. The molecule has 0 aromatic heterocycles. The molecule has 0 aliphatic heterocycles.